The SMILES string of the molecule is COc1ccc(C)cc1OC1CCNCC1.Cl. The van der Waals surface area contributed by atoms with Gasteiger partial charge in [0, 0.05) is 0 Å². The molecule has 1 aromatic carbocycles. The predicted molar refractivity (Wildman–Crippen MR) is 71.5 cm³/mol. The molecule has 1 heterocycles. The highest BCUT2D eigenvalue weighted by Crippen LogP contribution is 2.29. The number of ether oxygens (including phenoxy) is 2. The van der Waals surface area contributed by atoms with E-state index in [9.17, 15) is 0 Å². The number of hydrogen-bond donors (Lipinski definition) is 1. The van der Waals surface area contributed by atoms with Crippen LogP contribution < -0.4 is 14.8 Å². The van der Waals surface area contributed by atoms with Gasteiger partial charge >= 0.3 is 0 Å². The Morgan fingerprint density at radius 3 is 2.53 bits per heavy atom. The minimum atomic E-state index is 0. The second-order valence-corrected chi connectivity index (χ2v) is 4.22. The number of hydrogen-bond acceptors (Lipinski definition) is 3. The average Bonchev–Trinajstić information content (AvgIpc) is 2.31. The molecule has 1 aliphatic rings. The van der Waals surface area contributed by atoms with Crippen LogP contribution in [0.2, 0.25) is 0 Å². The van der Waals surface area contributed by atoms with Gasteiger partial charge in [-0.25, -0.2) is 0 Å². The number of aryl methyl sites for hydroxylation is 1. The van der Waals surface area contributed by atoms with Crippen LogP contribution in [0.15, 0.2) is 18.2 Å². The van der Waals surface area contributed by atoms with Crippen LogP contribution in [0.3, 0.4) is 0 Å². The molecular formula is C13H20ClNO2. The summed E-state index contributed by atoms with van der Waals surface area (Å²) in [5, 5.41) is 3.33. The second kappa shape index (κ2) is 6.72. The van der Waals surface area contributed by atoms with Crippen LogP contribution in [-0.4, -0.2) is 26.3 Å². The first-order valence-corrected chi connectivity index (χ1v) is 5.81. The molecule has 1 fully saturated rings. The molecule has 1 aromatic rings. The molecule has 0 unspecified atom stereocenters. The van der Waals surface area contributed by atoms with Gasteiger partial charge in [0.05, 0.1) is 7.11 Å². The summed E-state index contributed by atoms with van der Waals surface area (Å²) in [5.74, 6) is 1.69. The highest BCUT2D eigenvalue weighted by atomic mass is 35.5. The molecule has 1 N–H and O–H groups in total. The van der Waals surface area contributed by atoms with Crippen LogP contribution in [0.4, 0.5) is 0 Å². The Morgan fingerprint density at radius 1 is 1.18 bits per heavy atom. The Labute approximate surface area is 109 Å². The third kappa shape index (κ3) is 3.79. The Kier molecular flexibility index (Phi) is 5.59. The van der Waals surface area contributed by atoms with Gasteiger partial charge in [-0.3, -0.25) is 0 Å². The van der Waals surface area contributed by atoms with Crippen LogP contribution >= 0.6 is 12.4 Å². The zero-order valence-electron chi connectivity index (χ0n) is 10.4. The Hall–Kier alpha value is -0.930. The van der Waals surface area contributed by atoms with Gasteiger partial charge in [-0.2, -0.15) is 0 Å². The Morgan fingerprint density at radius 2 is 1.88 bits per heavy atom. The van der Waals surface area contributed by atoms with E-state index in [1.165, 1.54) is 5.56 Å². The largest absolute Gasteiger partial charge is 0.493 e. The van der Waals surface area contributed by atoms with Gasteiger partial charge < -0.3 is 14.8 Å². The topological polar surface area (TPSA) is 30.5 Å². The average molecular weight is 258 g/mol. The van der Waals surface area contributed by atoms with Crippen molar-refractivity contribution in [3.8, 4) is 11.5 Å². The highest BCUT2D eigenvalue weighted by Gasteiger charge is 2.16. The molecule has 0 aliphatic carbocycles. The summed E-state index contributed by atoms with van der Waals surface area (Å²) in [5.41, 5.74) is 1.20. The van der Waals surface area contributed by atoms with E-state index in [1.807, 2.05) is 18.2 Å². The second-order valence-electron chi connectivity index (χ2n) is 4.22. The lowest BCUT2D eigenvalue weighted by atomic mass is 10.1. The molecule has 2 rings (SSSR count). The maximum absolute atomic E-state index is 5.99. The zero-order valence-corrected chi connectivity index (χ0v) is 11.2. The van der Waals surface area contributed by atoms with Gasteiger partial charge in [0.1, 0.15) is 6.10 Å². The number of halogens is 1. The van der Waals surface area contributed by atoms with Gasteiger partial charge in [-0.1, -0.05) is 6.07 Å². The van der Waals surface area contributed by atoms with Gasteiger partial charge in [0.2, 0.25) is 0 Å². The summed E-state index contributed by atoms with van der Waals surface area (Å²) in [7, 11) is 1.68. The summed E-state index contributed by atoms with van der Waals surface area (Å²) >= 11 is 0. The third-order valence-corrected chi connectivity index (χ3v) is 2.90. The molecule has 0 spiro atoms. The number of methoxy groups -OCH3 is 1. The predicted octanol–water partition coefficient (Wildman–Crippen LogP) is 2.56. The van der Waals surface area contributed by atoms with Crippen LogP contribution in [0, 0.1) is 6.92 Å². The minimum Gasteiger partial charge on any atom is -0.493 e. The fourth-order valence-electron chi connectivity index (χ4n) is 1.97. The molecule has 4 heteroatoms. The molecule has 1 aliphatic heterocycles. The van der Waals surface area contributed by atoms with Crippen molar-refractivity contribution in [3.63, 3.8) is 0 Å². The van der Waals surface area contributed by atoms with Gasteiger partial charge in [-0.15, -0.1) is 12.4 Å². The van der Waals surface area contributed by atoms with Crippen molar-refractivity contribution in [3.05, 3.63) is 23.8 Å². The molecule has 0 aromatic heterocycles. The lowest BCUT2D eigenvalue weighted by molar-refractivity contribution is 0.156. The molecule has 0 radical (unpaired) electrons. The first-order chi connectivity index (χ1) is 7.79. The van der Waals surface area contributed by atoms with Crippen molar-refractivity contribution in [2.24, 2.45) is 0 Å². The summed E-state index contributed by atoms with van der Waals surface area (Å²) in [4.78, 5) is 0. The van der Waals surface area contributed by atoms with E-state index < -0.39 is 0 Å². The first-order valence-electron chi connectivity index (χ1n) is 5.81. The number of rotatable bonds is 3. The Bertz CT molecular complexity index is 351. The van der Waals surface area contributed by atoms with E-state index in [1.54, 1.807) is 7.11 Å². The smallest absolute Gasteiger partial charge is 0.161 e. The fourth-order valence-corrected chi connectivity index (χ4v) is 1.97. The highest BCUT2D eigenvalue weighted by molar-refractivity contribution is 5.85. The van der Waals surface area contributed by atoms with E-state index >= 15 is 0 Å². The van der Waals surface area contributed by atoms with E-state index in [2.05, 4.69) is 12.2 Å². The van der Waals surface area contributed by atoms with Crippen LogP contribution in [-0.2, 0) is 0 Å². The quantitative estimate of drug-likeness (QED) is 0.903. The normalized spacial score (nSPS) is 16.1. The van der Waals surface area contributed by atoms with Crippen molar-refractivity contribution in [2.75, 3.05) is 20.2 Å². The zero-order chi connectivity index (χ0) is 11.4. The van der Waals surface area contributed by atoms with Gasteiger partial charge in [0.15, 0.2) is 11.5 Å². The lowest BCUT2D eigenvalue weighted by Gasteiger charge is -2.24. The van der Waals surface area contributed by atoms with E-state index in [4.69, 9.17) is 9.47 Å². The summed E-state index contributed by atoms with van der Waals surface area (Å²) in [6.45, 7) is 4.15. The van der Waals surface area contributed by atoms with Crippen molar-refractivity contribution in [1.29, 1.82) is 0 Å². The van der Waals surface area contributed by atoms with Crippen molar-refractivity contribution >= 4 is 12.4 Å². The van der Waals surface area contributed by atoms with Crippen LogP contribution in [0.1, 0.15) is 18.4 Å². The molecule has 0 amide bonds. The monoisotopic (exact) mass is 257 g/mol. The number of piperidine rings is 1. The molecular weight excluding hydrogens is 238 g/mol. The fraction of sp³-hybridized carbons (Fsp3) is 0.538. The van der Waals surface area contributed by atoms with E-state index in [0.29, 0.717) is 6.10 Å². The van der Waals surface area contributed by atoms with E-state index in [-0.39, 0.29) is 12.4 Å². The maximum atomic E-state index is 5.99. The molecule has 17 heavy (non-hydrogen) atoms. The summed E-state index contributed by atoms with van der Waals surface area (Å²) in [6.07, 6.45) is 2.45. The minimum absolute atomic E-state index is 0. The van der Waals surface area contributed by atoms with Crippen LogP contribution in [0.25, 0.3) is 0 Å². The molecule has 0 saturated carbocycles. The third-order valence-electron chi connectivity index (χ3n) is 2.90. The van der Waals surface area contributed by atoms with Gasteiger partial charge in [0.25, 0.3) is 0 Å². The lowest BCUT2D eigenvalue weighted by Crippen LogP contribution is -2.34. The van der Waals surface area contributed by atoms with Crippen molar-refractivity contribution in [2.45, 2.75) is 25.9 Å². The van der Waals surface area contributed by atoms with Gasteiger partial charge in [-0.05, 0) is 50.6 Å². The molecule has 1 saturated heterocycles. The van der Waals surface area contributed by atoms with Crippen LogP contribution in [0.5, 0.6) is 11.5 Å². The van der Waals surface area contributed by atoms with Crippen molar-refractivity contribution < 1.29 is 9.47 Å². The number of benzene rings is 1. The molecule has 0 bridgehead atoms. The summed E-state index contributed by atoms with van der Waals surface area (Å²) < 4.78 is 11.3. The number of nitrogens with one attached hydrogen (secondary N) is 1. The molecule has 96 valence electrons. The molecule has 0 atom stereocenters. The maximum Gasteiger partial charge on any atom is 0.161 e. The standard InChI is InChI=1S/C13H19NO2.ClH/c1-10-3-4-12(15-2)13(9-10)16-11-5-7-14-8-6-11;/h3-4,9,11,14H,5-8H2,1-2H3;1H. The van der Waals surface area contributed by atoms with E-state index in [0.717, 1.165) is 37.4 Å². The Balaban J connectivity index is 0.00000144. The summed E-state index contributed by atoms with van der Waals surface area (Å²) in [6, 6.07) is 6.04. The first kappa shape index (κ1) is 14.1. The van der Waals surface area contributed by atoms with Crippen molar-refractivity contribution in [1.82, 2.24) is 5.32 Å². The molecule has 3 nitrogen and oxygen atoms in total.